The lowest BCUT2D eigenvalue weighted by atomic mass is 10.2. The molecule has 0 saturated carbocycles. The minimum absolute atomic E-state index is 0.0439. The van der Waals surface area contributed by atoms with E-state index in [9.17, 15) is 0 Å². The third-order valence-electron chi connectivity index (χ3n) is 6.04. The second kappa shape index (κ2) is 9.36. The lowest BCUT2D eigenvalue weighted by molar-refractivity contribution is 0.169. The predicted octanol–water partition coefficient (Wildman–Crippen LogP) is 3.63. The molecule has 4 aliphatic rings. The van der Waals surface area contributed by atoms with Crippen LogP contribution in [0.1, 0.15) is 38.8 Å². The third kappa shape index (κ3) is 5.62. The number of hydrogen-bond donors (Lipinski definition) is 0. The zero-order valence-corrected chi connectivity index (χ0v) is 20.4. The summed E-state index contributed by atoms with van der Waals surface area (Å²) in [7, 11) is 0. The summed E-state index contributed by atoms with van der Waals surface area (Å²) in [4.78, 5) is 0. The van der Waals surface area contributed by atoms with Gasteiger partial charge in [0.15, 0.2) is 0 Å². The molecule has 2 aromatic rings. The first-order valence-corrected chi connectivity index (χ1v) is 12.1. The van der Waals surface area contributed by atoms with E-state index < -0.39 is 0 Å². The molecule has 10 heteroatoms. The van der Waals surface area contributed by atoms with Gasteiger partial charge >= 0.3 is 0 Å². The van der Waals surface area contributed by atoms with Gasteiger partial charge in [0.25, 0.3) is 0 Å². The molecule has 4 fully saturated rings. The van der Waals surface area contributed by atoms with Crippen molar-refractivity contribution in [1.29, 1.82) is 0 Å². The second-order valence-corrected chi connectivity index (χ2v) is 9.20. The van der Waals surface area contributed by atoms with E-state index in [4.69, 9.17) is 37.9 Å². The maximum absolute atomic E-state index is 5.95. The van der Waals surface area contributed by atoms with Crippen LogP contribution >= 0.6 is 0 Å². The number of benzene rings is 2. The summed E-state index contributed by atoms with van der Waals surface area (Å²) in [6.07, 6.45) is 2.48. The summed E-state index contributed by atoms with van der Waals surface area (Å²) in [5.41, 5.74) is 1.48. The molecule has 0 bridgehead atoms. The molecular weight excluding hydrogens is 468 g/mol. The van der Waals surface area contributed by atoms with Crippen molar-refractivity contribution in [2.75, 3.05) is 0 Å². The highest BCUT2D eigenvalue weighted by Gasteiger charge is 2.40. The van der Waals surface area contributed by atoms with Crippen LogP contribution in [0.3, 0.4) is 0 Å². The zero-order valence-electron chi connectivity index (χ0n) is 20.4. The second-order valence-electron chi connectivity index (χ2n) is 9.20. The Hall–Kier alpha value is -3.18. The Morgan fingerprint density at radius 3 is 1.22 bits per heavy atom. The Labute approximate surface area is 208 Å². The van der Waals surface area contributed by atoms with Crippen LogP contribution in [0.5, 0.6) is 23.0 Å². The molecule has 0 spiro atoms. The molecule has 8 unspecified atom stereocenters. The third-order valence-corrected chi connectivity index (χ3v) is 6.04. The quantitative estimate of drug-likeness (QED) is 0.263. The lowest BCUT2D eigenvalue weighted by Crippen LogP contribution is -2.06. The van der Waals surface area contributed by atoms with Crippen LogP contribution in [0.15, 0.2) is 46.6 Å². The van der Waals surface area contributed by atoms with Gasteiger partial charge in [0.2, 0.25) is 25.2 Å². The molecule has 8 atom stereocenters. The standard InChI is InChI=1S/C26H28N2O8/c1-13-23(29-13)33-19-7-5-17(21(9-19)35-25-15(3)31-25)11-27-28-12-18-6-8-20(34-24-14(2)30-24)10-22(18)36-26-16(4)32-26/h5-16,23-26H,1-4H3. The van der Waals surface area contributed by atoms with E-state index >= 15 is 0 Å². The van der Waals surface area contributed by atoms with Gasteiger partial charge in [-0.1, -0.05) is 0 Å². The first kappa shape index (κ1) is 23.2. The van der Waals surface area contributed by atoms with E-state index in [1.165, 1.54) is 0 Å². The van der Waals surface area contributed by atoms with Gasteiger partial charge in [0, 0.05) is 23.3 Å². The maximum atomic E-state index is 5.95. The highest BCUT2D eigenvalue weighted by atomic mass is 16.8. The van der Waals surface area contributed by atoms with E-state index in [2.05, 4.69) is 10.2 Å². The number of rotatable bonds is 11. The van der Waals surface area contributed by atoms with Crippen LogP contribution in [0.2, 0.25) is 0 Å². The summed E-state index contributed by atoms with van der Waals surface area (Å²) >= 11 is 0. The molecule has 0 N–H and O–H groups in total. The van der Waals surface area contributed by atoms with E-state index in [1.807, 2.05) is 52.0 Å². The summed E-state index contributed by atoms with van der Waals surface area (Å²) in [5, 5.41) is 8.44. The number of ether oxygens (including phenoxy) is 8. The largest absolute Gasteiger partial charge is 0.462 e. The van der Waals surface area contributed by atoms with Crippen molar-refractivity contribution in [2.45, 2.75) is 77.3 Å². The number of epoxide rings is 4. The lowest BCUT2D eigenvalue weighted by Gasteiger charge is -2.10. The van der Waals surface area contributed by atoms with Gasteiger partial charge in [-0.05, 0) is 52.0 Å². The molecule has 4 saturated heterocycles. The van der Waals surface area contributed by atoms with Gasteiger partial charge < -0.3 is 37.9 Å². The van der Waals surface area contributed by atoms with E-state index in [0.717, 1.165) is 11.1 Å². The Bertz CT molecular complexity index is 1100. The fourth-order valence-electron chi connectivity index (χ4n) is 3.46. The van der Waals surface area contributed by atoms with Gasteiger partial charge in [-0.2, -0.15) is 10.2 Å². The molecule has 10 nitrogen and oxygen atoms in total. The highest BCUT2D eigenvalue weighted by Crippen LogP contribution is 2.34. The Balaban J connectivity index is 1.16. The molecule has 2 aromatic carbocycles. The van der Waals surface area contributed by atoms with Gasteiger partial charge in [-0.25, -0.2) is 0 Å². The smallest absolute Gasteiger partial charge is 0.226 e. The van der Waals surface area contributed by atoms with Crippen LogP contribution in [-0.2, 0) is 18.9 Å². The van der Waals surface area contributed by atoms with Crippen molar-refractivity contribution in [3.63, 3.8) is 0 Å². The van der Waals surface area contributed by atoms with Crippen LogP contribution < -0.4 is 18.9 Å². The topological polar surface area (TPSA) is 112 Å². The highest BCUT2D eigenvalue weighted by molar-refractivity contribution is 5.87. The first-order chi connectivity index (χ1) is 17.4. The maximum Gasteiger partial charge on any atom is 0.226 e. The number of nitrogens with zero attached hydrogens (tertiary/aromatic N) is 2. The summed E-state index contributed by atoms with van der Waals surface area (Å²) in [5.74, 6) is 2.49. The van der Waals surface area contributed by atoms with Gasteiger partial charge in [-0.15, -0.1) is 0 Å². The van der Waals surface area contributed by atoms with Crippen LogP contribution in [-0.4, -0.2) is 62.0 Å². The average molecular weight is 497 g/mol. The van der Waals surface area contributed by atoms with Crippen molar-refractivity contribution in [2.24, 2.45) is 10.2 Å². The molecule has 6 rings (SSSR count). The molecule has 0 amide bonds. The SMILES string of the molecule is CC1OC1Oc1ccc(C=NN=Cc2ccc(OC3OC3C)cc2OC2OC2C)c(OC2OC2C)c1. The minimum Gasteiger partial charge on any atom is -0.462 e. The zero-order chi connectivity index (χ0) is 24.8. The monoisotopic (exact) mass is 496 g/mol. The van der Waals surface area contributed by atoms with Crippen LogP contribution in [0, 0.1) is 0 Å². The van der Waals surface area contributed by atoms with Crippen molar-refractivity contribution in [1.82, 2.24) is 0 Å². The van der Waals surface area contributed by atoms with Gasteiger partial charge in [0.05, 0.1) is 12.4 Å². The van der Waals surface area contributed by atoms with E-state index in [-0.39, 0.29) is 49.6 Å². The van der Waals surface area contributed by atoms with Crippen LogP contribution in [0.25, 0.3) is 0 Å². The molecule has 0 aromatic heterocycles. The summed E-state index contributed by atoms with van der Waals surface area (Å²) in [6, 6.07) is 11.0. The van der Waals surface area contributed by atoms with Crippen LogP contribution in [0.4, 0.5) is 0 Å². The normalized spacial score (nSPS) is 34.0. The fraction of sp³-hybridized carbons (Fsp3) is 0.462. The number of hydrogen-bond acceptors (Lipinski definition) is 10. The van der Waals surface area contributed by atoms with Gasteiger partial charge in [0.1, 0.15) is 47.4 Å². The molecule has 36 heavy (non-hydrogen) atoms. The van der Waals surface area contributed by atoms with Crippen molar-refractivity contribution < 1.29 is 37.9 Å². The average Bonchev–Trinajstić information content (AvgIpc) is 3.76. The van der Waals surface area contributed by atoms with Crippen molar-refractivity contribution in [3.05, 3.63) is 47.5 Å². The van der Waals surface area contributed by atoms with E-state index in [1.54, 1.807) is 24.6 Å². The molecule has 4 aliphatic heterocycles. The minimum atomic E-state index is -0.288. The molecule has 0 radical (unpaired) electrons. The molecule has 0 aliphatic carbocycles. The molecule has 4 heterocycles. The van der Waals surface area contributed by atoms with Gasteiger partial charge in [-0.3, -0.25) is 0 Å². The predicted molar refractivity (Wildman–Crippen MR) is 128 cm³/mol. The summed E-state index contributed by atoms with van der Waals surface area (Å²) < 4.78 is 44.9. The summed E-state index contributed by atoms with van der Waals surface area (Å²) in [6.45, 7) is 7.81. The molecular formula is C26H28N2O8. The molecule has 190 valence electrons. The first-order valence-electron chi connectivity index (χ1n) is 12.1. The van der Waals surface area contributed by atoms with E-state index in [0.29, 0.717) is 23.0 Å². The van der Waals surface area contributed by atoms with Crippen molar-refractivity contribution >= 4 is 12.4 Å². The Morgan fingerprint density at radius 2 is 0.889 bits per heavy atom. The Kier molecular flexibility index (Phi) is 6.04. The fourth-order valence-corrected chi connectivity index (χ4v) is 3.46. The Morgan fingerprint density at radius 1 is 0.556 bits per heavy atom. The van der Waals surface area contributed by atoms with Crippen molar-refractivity contribution in [3.8, 4) is 23.0 Å².